The molecule has 0 aliphatic carbocycles. The Bertz CT molecular complexity index is 501. The monoisotopic (exact) mass is 466 g/mol. The molecule has 1 rings (SSSR count). The number of aryl methyl sites for hydroxylation is 1. The molecule has 0 aliphatic rings. The van der Waals surface area contributed by atoms with Gasteiger partial charge in [-0.3, -0.25) is 4.99 Å². The number of halogens is 1. The molecule has 8 heteroatoms. The molecule has 0 aromatic carbocycles. The molecule has 138 valence electrons. The molecule has 0 spiro atoms. The molecule has 0 radical (unpaired) electrons. The van der Waals surface area contributed by atoms with Crippen LogP contribution in [0.25, 0.3) is 0 Å². The van der Waals surface area contributed by atoms with E-state index >= 15 is 0 Å². The maximum Gasteiger partial charge on any atom is 0.191 e. The van der Waals surface area contributed by atoms with Crippen LogP contribution in [0.4, 0.5) is 0 Å². The van der Waals surface area contributed by atoms with E-state index in [-0.39, 0.29) is 24.0 Å². The molecule has 0 atom stereocenters. The summed E-state index contributed by atoms with van der Waals surface area (Å²) in [6.45, 7) is 13.5. The highest BCUT2D eigenvalue weighted by Gasteiger charge is 2.12. The lowest BCUT2D eigenvalue weighted by molar-refractivity contribution is 0.477. The Balaban J connectivity index is 0.00000529. The number of aromatic nitrogens is 3. The molecule has 0 fully saturated rings. The summed E-state index contributed by atoms with van der Waals surface area (Å²) in [7, 11) is 0. The smallest absolute Gasteiger partial charge is 0.191 e. The van der Waals surface area contributed by atoms with Gasteiger partial charge in [0.25, 0.3) is 0 Å². The summed E-state index contributed by atoms with van der Waals surface area (Å²) in [5.41, 5.74) is 0. The zero-order valence-electron chi connectivity index (χ0n) is 15.2. The van der Waals surface area contributed by atoms with E-state index in [2.05, 4.69) is 57.7 Å². The van der Waals surface area contributed by atoms with Gasteiger partial charge >= 0.3 is 0 Å². The van der Waals surface area contributed by atoms with Crippen LogP contribution < -0.4 is 10.6 Å². The van der Waals surface area contributed by atoms with Gasteiger partial charge in [0, 0.05) is 32.6 Å². The fourth-order valence-corrected chi connectivity index (χ4v) is 2.66. The van der Waals surface area contributed by atoms with Crippen molar-refractivity contribution in [3.8, 4) is 0 Å². The first-order valence-electron chi connectivity index (χ1n) is 8.21. The van der Waals surface area contributed by atoms with Gasteiger partial charge in [0.05, 0.1) is 0 Å². The molecule has 0 bridgehead atoms. The van der Waals surface area contributed by atoms with Crippen molar-refractivity contribution < 1.29 is 0 Å². The first kappa shape index (κ1) is 23.2. The van der Waals surface area contributed by atoms with Crippen LogP contribution in [-0.4, -0.2) is 46.6 Å². The first-order chi connectivity index (χ1) is 11.1. The molecule has 0 unspecified atom stereocenters. The van der Waals surface area contributed by atoms with E-state index in [1.807, 2.05) is 12.3 Å². The summed E-state index contributed by atoms with van der Waals surface area (Å²) < 4.78 is 2.24. The molecule has 0 saturated carbocycles. The van der Waals surface area contributed by atoms with Crippen LogP contribution in [-0.2, 0) is 13.0 Å². The van der Waals surface area contributed by atoms with Crippen LogP contribution >= 0.6 is 35.7 Å². The lowest BCUT2D eigenvalue weighted by Gasteiger charge is -2.11. The van der Waals surface area contributed by atoms with Crippen molar-refractivity contribution in [2.45, 2.75) is 45.3 Å². The van der Waals surface area contributed by atoms with Crippen molar-refractivity contribution >= 4 is 41.7 Å². The lowest BCUT2D eigenvalue weighted by atomic mass is 10.2. The van der Waals surface area contributed by atoms with Crippen LogP contribution in [0.5, 0.6) is 0 Å². The second kappa shape index (κ2) is 13.5. The number of hydrogen-bond donors (Lipinski definition) is 2. The second-order valence-corrected chi connectivity index (χ2v) is 6.41. The minimum absolute atomic E-state index is 0. The summed E-state index contributed by atoms with van der Waals surface area (Å²) in [5.74, 6) is 2.47. The van der Waals surface area contributed by atoms with Crippen molar-refractivity contribution in [1.82, 2.24) is 25.4 Å². The molecule has 24 heavy (non-hydrogen) atoms. The number of aliphatic imine (C=N–C) groups is 1. The molecule has 6 nitrogen and oxygen atoms in total. The van der Waals surface area contributed by atoms with Gasteiger partial charge < -0.3 is 15.2 Å². The van der Waals surface area contributed by atoms with Crippen molar-refractivity contribution in [3.05, 3.63) is 18.5 Å². The maximum absolute atomic E-state index is 4.57. The summed E-state index contributed by atoms with van der Waals surface area (Å²) >= 11 is 1.65. The topological polar surface area (TPSA) is 67.1 Å². The summed E-state index contributed by atoms with van der Waals surface area (Å²) in [6.07, 6.45) is 5.72. The quantitative estimate of drug-likeness (QED) is 0.139. The van der Waals surface area contributed by atoms with Gasteiger partial charge in [-0.1, -0.05) is 31.7 Å². The van der Waals surface area contributed by atoms with Crippen LogP contribution in [0.2, 0.25) is 0 Å². The Morgan fingerprint density at radius 2 is 2.12 bits per heavy atom. The van der Waals surface area contributed by atoms with E-state index in [0.29, 0.717) is 12.5 Å². The molecule has 2 N–H and O–H groups in total. The van der Waals surface area contributed by atoms with E-state index in [0.717, 1.165) is 49.4 Å². The predicted octanol–water partition coefficient (Wildman–Crippen LogP) is 2.95. The molecule has 0 saturated heterocycles. The third-order valence-corrected chi connectivity index (χ3v) is 3.78. The Morgan fingerprint density at radius 1 is 1.38 bits per heavy atom. The SMILES string of the molecule is C=CCNC(=NCCCc1nnc(SC)n1CC(C)C)NCC.I. The first-order valence-corrected chi connectivity index (χ1v) is 9.43. The van der Waals surface area contributed by atoms with Gasteiger partial charge in [0.2, 0.25) is 0 Å². The molecular weight excluding hydrogens is 435 g/mol. The van der Waals surface area contributed by atoms with E-state index in [4.69, 9.17) is 0 Å². The van der Waals surface area contributed by atoms with Gasteiger partial charge in [0.1, 0.15) is 5.82 Å². The number of nitrogens with one attached hydrogen (secondary N) is 2. The normalized spacial score (nSPS) is 11.3. The summed E-state index contributed by atoms with van der Waals surface area (Å²) in [5, 5.41) is 16.0. The van der Waals surface area contributed by atoms with Gasteiger partial charge in [-0.2, -0.15) is 0 Å². The van der Waals surface area contributed by atoms with Crippen molar-refractivity contribution in [2.24, 2.45) is 10.9 Å². The van der Waals surface area contributed by atoms with E-state index in [1.54, 1.807) is 11.8 Å². The molecule has 1 aromatic rings. The molecule has 0 aliphatic heterocycles. The Kier molecular flexibility index (Phi) is 13.1. The highest BCUT2D eigenvalue weighted by Crippen LogP contribution is 2.16. The van der Waals surface area contributed by atoms with Gasteiger partial charge in [0.15, 0.2) is 11.1 Å². The Hall–Kier alpha value is -0.770. The Labute approximate surface area is 167 Å². The van der Waals surface area contributed by atoms with Gasteiger partial charge in [-0.15, -0.1) is 40.8 Å². The van der Waals surface area contributed by atoms with Crippen molar-refractivity contribution in [1.29, 1.82) is 0 Å². The maximum atomic E-state index is 4.57. The minimum atomic E-state index is 0. The van der Waals surface area contributed by atoms with E-state index in [9.17, 15) is 0 Å². The largest absolute Gasteiger partial charge is 0.357 e. The zero-order chi connectivity index (χ0) is 17.1. The number of nitrogens with zero attached hydrogens (tertiary/aromatic N) is 4. The fraction of sp³-hybridized carbons (Fsp3) is 0.688. The minimum Gasteiger partial charge on any atom is -0.357 e. The second-order valence-electron chi connectivity index (χ2n) is 5.64. The average molecular weight is 466 g/mol. The molecule has 1 aromatic heterocycles. The van der Waals surface area contributed by atoms with Crippen LogP contribution in [0, 0.1) is 5.92 Å². The fourth-order valence-electron chi connectivity index (χ4n) is 2.14. The Morgan fingerprint density at radius 3 is 2.71 bits per heavy atom. The lowest BCUT2D eigenvalue weighted by Crippen LogP contribution is -2.37. The highest BCUT2D eigenvalue weighted by atomic mass is 127. The third kappa shape index (κ3) is 8.36. The number of thioether (sulfide) groups is 1. The van der Waals surface area contributed by atoms with E-state index in [1.165, 1.54) is 0 Å². The standard InChI is InChI=1S/C16H30N6S.HI/c1-6-10-18-15(17-7-2)19-11-8-9-14-20-21-16(23-5)22(14)12-13(3)4;/h6,13H,1,7-12H2,2-5H3,(H2,17,18,19);1H. The third-order valence-electron chi connectivity index (χ3n) is 3.11. The van der Waals surface area contributed by atoms with E-state index < -0.39 is 0 Å². The zero-order valence-corrected chi connectivity index (χ0v) is 18.4. The average Bonchev–Trinajstić information content (AvgIpc) is 2.90. The van der Waals surface area contributed by atoms with Crippen LogP contribution in [0.3, 0.4) is 0 Å². The van der Waals surface area contributed by atoms with Gasteiger partial charge in [-0.25, -0.2) is 0 Å². The summed E-state index contributed by atoms with van der Waals surface area (Å²) in [4.78, 5) is 4.57. The van der Waals surface area contributed by atoms with Crippen molar-refractivity contribution in [3.63, 3.8) is 0 Å². The molecule has 0 amide bonds. The van der Waals surface area contributed by atoms with Crippen molar-refractivity contribution in [2.75, 3.05) is 25.9 Å². The number of guanidine groups is 1. The van der Waals surface area contributed by atoms with Crippen LogP contribution in [0.15, 0.2) is 22.8 Å². The highest BCUT2D eigenvalue weighted by molar-refractivity contribution is 14.0. The number of hydrogen-bond acceptors (Lipinski definition) is 4. The van der Waals surface area contributed by atoms with Crippen LogP contribution in [0.1, 0.15) is 33.0 Å². The predicted molar refractivity (Wildman–Crippen MR) is 115 cm³/mol. The molecule has 1 heterocycles. The molecular formula is C16H31IN6S. The van der Waals surface area contributed by atoms with Gasteiger partial charge in [-0.05, 0) is 25.5 Å². The summed E-state index contributed by atoms with van der Waals surface area (Å²) in [6, 6.07) is 0. The number of rotatable bonds is 10.